The van der Waals surface area contributed by atoms with Crippen molar-refractivity contribution in [1.82, 2.24) is 15.0 Å². The van der Waals surface area contributed by atoms with E-state index in [1.807, 2.05) is 12.1 Å². The number of hydrogen-bond donors (Lipinski definition) is 0. The van der Waals surface area contributed by atoms with E-state index in [2.05, 4.69) is 32.9 Å². The van der Waals surface area contributed by atoms with Crippen LogP contribution in [0.5, 0.6) is 0 Å². The number of fused-ring (bicyclic) bond motifs is 1. The molecule has 0 aliphatic rings. The van der Waals surface area contributed by atoms with Gasteiger partial charge in [0.15, 0.2) is 5.78 Å². The van der Waals surface area contributed by atoms with E-state index in [1.165, 1.54) is 0 Å². The summed E-state index contributed by atoms with van der Waals surface area (Å²) in [4.78, 5) is 24.4. The monoisotopic (exact) mass is 391 g/mol. The molecular formula is C15H10IN3O2. The van der Waals surface area contributed by atoms with E-state index in [1.54, 1.807) is 36.4 Å². The van der Waals surface area contributed by atoms with Gasteiger partial charge in [-0.25, -0.2) is 4.68 Å². The predicted octanol–water partition coefficient (Wildman–Crippen LogP) is 2.28. The second-order valence-electron chi connectivity index (χ2n) is 4.50. The van der Waals surface area contributed by atoms with Crippen molar-refractivity contribution < 1.29 is 4.79 Å². The van der Waals surface area contributed by atoms with E-state index >= 15 is 0 Å². The molecule has 0 radical (unpaired) electrons. The number of nitrogens with zero attached hydrogens (tertiary/aromatic N) is 3. The Labute approximate surface area is 133 Å². The summed E-state index contributed by atoms with van der Waals surface area (Å²) in [6.07, 6.45) is 0. The quantitative estimate of drug-likeness (QED) is 0.508. The van der Waals surface area contributed by atoms with Gasteiger partial charge in [-0.2, -0.15) is 0 Å². The highest BCUT2D eigenvalue weighted by molar-refractivity contribution is 14.1. The molecule has 0 saturated carbocycles. The molecule has 5 nitrogen and oxygen atoms in total. The van der Waals surface area contributed by atoms with Crippen LogP contribution in [0.15, 0.2) is 53.3 Å². The molecule has 3 aromatic rings. The van der Waals surface area contributed by atoms with Crippen LogP contribution in [0.25, 0.3) is 10.9 Å². The van der Waals surface area contributed by atoms with Crippen molar-refractivity contribution in [2.75, 3.05) is 0 Å². The van der Waals surface area contributed by atoms with Crippen LogP contribution in [-0.2, 0) is 6.54 Å². The molecule has 1 heterocycles. The Kier molecular flexibility index (Phi) is 3.78. The lowest BCUT2D eigenvalue weighted by atomic mass is 10.1. The summed E-state index contributed by atoms with van der Waals surface area (Å²) in [6, 6.07) is 14.1. The zero-order chi connectivity index (χ0) is 14.8. The van der Waals surface area contributed by atoms with Crippen LogP contribution in [-0.4, -0.2) is 20.8 Å². The van der Waals surface area contributed by atoms with Crippen LogP contribution < -0.4 is 5.56 Å². The summed E-state index contributed by atoms with van der Waals surface area (Å²) in [5.41, 5.74) is 0.775. The number of rotatable bonds is 3. The van der Waals surface area contributed by atoms with Crippen molar-refractivity contribution in [1.29, 1.82) is 0 Å². The molecule has 104 valence electrons. The maximum absolute atomic E-state index is 12.3. The van der Waals surface area contributed by atoms with E-state index in [4.69, 9.17) is 0 Å². The van der Waals surface area contributed by atoms with Crippen LogP contribution in [0.4, 0.5) is 0 Å². The van der Waals surface area contributed by atoms with Gasteiger partial charge in [0.25, 0.3) is 5.56 Å². The number of carbonyl (C=O) groups is 1. The fourth-order valence-electron chi connectivity index (χ4n) is 1.99. The number of benzene rings is 2. The number of aromatic nitrogens is 3. The van der Waals surface area contributed by atoms with Crippen molar-refractivity contribution in [3.8, 4) is 0 Å². The molecule has 0 amide bonds. The number of hydrogen-bond acceptors (Lipinski definition) is 4. The number of halogens is 1. The summed E-state index contributed by atoms with van der Waals surface area (Å²) >= 11 is 2.17. The van der Waals surface area contributed by atoms with Gasteiger partial charge in [0.05, 0.1) is 5.39 Å². The standard InChI is InChI=1S/C15H10IN3O2/c16-11-7-5-10(6-8-11)14(20)9-19-15(21)12-3-1-2-4-13(12)17-18-19/h1-8H,9H2. The first kappa shape index (κ1) is 13.9. The highest BCUT2D eigenvalue weighted by Gasteiger charge is 2.11. The van der Waals surface area contributed by atoms with Crippen molar-refractivity contribution in [2.45, 2.75) is 6.54 Å². The molecule has 6 heteroatoms. The molecule has 0 saturated heterocycles. The molecule has 0 bridgehead atoms. The van der Waals surface area contributed by atoms with E-state index < -0.39 is 0 Å². The topological polar surface area (TPSA) is 64.8 Å². The molecule has 2 aromatic carbocycles. The van der Waals surface area contributed by atoms with Gasteiger partial charge >= 0.3 is 0 Å². The molecule has 0 unspecified atom stereocenters. The Bertz CT molecular complexity index is 872. The average molecular weight is 391 g/mol. The van der Waals surface area contributed by atoms with Crippen LogP contribution in [0.1, 0.15) is 10.4 Å². The van der Waals surface area contributed by atoms with Crippen LogP contribution in [0.2, 0.25) is 0 Å². The zero-order valence-corrected chi connectivity index (χ0v) is 13.0. The van der Waals surface area contributed by atoms with Gasteiger partial charge in [-0.1, -0.05) is 29.5 Å². The molecule has 0 spiro atoms. The van der Waals surface area contributed by atoms with E-state index in [0.29, 0.717) is 16.5 Å². The van der Waals surface area contributed by atoms with Gasteiger partial charge in [0.2, 0.25) is 0 Å². The maximum Gasteiger partial charge on any atom is 0.278 e. The van der Waals surface area contributed by atoms with Crippen LogP contribution >= 0.6 is 22.6 Å². The average Bonchev–Trinajstić information content (AvgIpc) is 2.51. The van der Waals surface area contributed by atoms with Gasteiger partial charge < -0.3 is 0 Å². The molecule has 1 aromatic heterocycles. The fourth-order valence-corrected chi connectivity index (χ4v) is 2.35. The molecule has 0 N–H and O–H groups in total. The lowest BCUT2D eigenvalue weighted by Gasteiger charge is -2.04. The first-order valence-electron chi connectivity index (χ1n) is 6.26. The molecule has 21 heavy (non-hydrogen) atoms. The Morgan fingerprint density at radius 1 is 1.10 bits per heavy atom. The van der Waals surface area contributed by atoms with Crippen LogP contribution in [0.3, 0.4) is 0 Å². The van der Waals surface area contributed by atoms with Crippen molar-refractivity contribution in [3.05, 3.63) is 68.0 Å². The Morgan fingerprint density at radius 3 is 2.57 bits per heavy atom. The van der Waals surface area contributed by atoms with Gasteiger partial charge in [-0.15, -0.1) is 5.10 Å². The van der Waals surface area contributed by atoms with Crippen molar-refractivity contribution in [2.24, 2.45) is 0 Å². The second-order valence-corrected chi connectivity index (χ2v) is 5.75. The number of Topliss-reactive ketones (excluding diaryl/α,β-unsaturated/α-hetero) is 1. The van der Waals surface area contributed by atoms with Gasteiger partial charge in [0, 0.05) is 9.13 Å². The predicted molar refractivity (Wildman–Crippen MR) is 87.3 cm³/mol. The number of carbonyl (C=O) groups excluding carboxylic acids is 1. The smallest absolute Gasteiger partial charge is 0.278 e. The van der Waals surface area contributed by atoms with Crippen molar-refractivity contribution in [3.63, 3.8) is 0 Å². The third-order valence-electron chi connectivity index (χ3n) is 3.09. The normalized spacial score (nSPS) is 10.7. The third-order valence-corrected chi connectivity index (χ3v) is 3.81. The minimum atomic E-state index is -0.306. The Balaban J connectivity index is 1.95. The summed E-state index contributed by atoms with van der Waals surface area (Å²) in [5.74, 6) is -0.168. The molecule has 0 fully saturated rings. The lowest BCUT2D eigenvalue weighted by Crippen LogP contribution is -2.27. The highest BCUT2D eigenvalue weighted by atomic mass is 127. The molecule has 0 aliphatic heterocycles. The molecular weight excluding hydrogens is 381 g/mol. The molecule has 0 atom stereocenters. The summed E-state index contributed by atoms with van der Waals surface area (Å²) < 4.78 is 2.15. The fraction of sp³-hybridized carbons (Fsp3) is 0.0667. The second kappa shape index (κ2) is 5.72. The Hall–Kier alpha value is -2.09. The van der Waals surface area contributed by atoms with E-state index in [0.717, 1.165) is 8.25 Å². The first-order chi connectivity index (χ1) is 10.1. The lowest BCUT2D eigenvalue weighted by molar-refractivity contribution is 0.0964. The van der Waals surface area contributed by atoms with E-state index in [9.17, 15) is 9.59 Å². The van der Waals surface area contributed by atoms with Gasteiger partial charge in [0.1, 0.15) is 12.1 Å². The highest BCUT2D eigenvalue weighted by Crippen LogP contribution is 2.08. The largest absolute Gasteiger partial charge is 0.292 e. The molecule has 0 aliphatic carbocycles. The zero-order valence-electron chi connectivity index (χ0n) is 10.9. The van der Waals surface area contributed by atoms with Crippen molar-refractivity contribution >= 4 is 39.3 Å². The van der Waals surface area contributed by atoms with Gasteiger partial charge in [-0.3, -0.25) is 9.59 Å². The van der Waals surface area contributed by atoms with Crippen LogP contribution in [0, 0.1) is 3.57 Å². The van der Waals surface area contributed by atoms with E-state index in [-0.39, 0.29) is 17.9 Å². The minimum Gasteiger partial charge on any atom is -0.292 e. The molecule has 3 rings (SSSR count). The minimum absolute atomic E-state index is 0.114. The van der Waals surface area contributed by atoms with Gasteiger partial charge in [-0.05, 0) is 46.9 Å². The Morgan fingerprint density at radius 2 is 1.81 bits per heavy atom. The summed E-state index contributed by atoms with van der Waals surface area (Å²) in [5, 5.41) is 8.24. The maximum atomic E-state index is 12.3. The summed E-state index contributed by atoms with van der Waals surface area (Å²) in [7, 11) is 0. The number of ketones is 1. The first-order valence-corrected chi connectivity index (χ1v) is 7.34. The SMILES string of the molecule is O=C(Cn1nnc2ccccc2c1=O)c1ccc(I)cc1. The summed E-state index contributed by atoms with van der Waals surface area (Å²) in [6.45, 7) is -0.114. The third kappa shape index (κ3) is 2.85.